The van der Waals surface area contributed by atoms with Crippen LogP contribution in [0.25, 0.3) is 0 Å². The lowest BCUT2D eigenvalue weighted by molar-refractivity contribution is 0.271. The molecule has 1 rings (SSSR count). The highest BCUT2D eigenvalue weighted by Gasteiger charge is 2.05. The Morgan fingerprint density at radius 2 is 2.36 bits per heavy atom. The molecule has 4 nitrogen and oxygen atoms in total. The second-order valence-electron chi connectivity index (χ2n) is 2.88. The summed E-state index contributed by atoms with van der Waals surface area (Å²) in [6, 6.07) is 1.95. The molecule has 1 heterocycles. The number of thioether (sulfide) groups is 1. The fourth-order valence-electron chi connectivity index (χ4n) is 1.02. The molecule has 0 fully saturated rings. The second-order valence-corrected chi connectivity index (χ2v) is 3.70. The zero-order chi connectivity index (χ0) is 10.4. The zero-order valence-corrected chi connectivity index (χ0v) is 9.21. The number of rotatable bonds is 5. The first kappa shape index (κ1) is 11.3. The molecule has 5 heteroatoms. The molecule has 1 aromatic heterocycles. The van der Waals surface area contributed by atoms with Gasteiger partial charge in [0.2, 0.25) is 0 Å². The van der Waals surface area contributed by atoms with Gasteiger partial charge < -0.3 is 10.4 Å². The number of aliphatic hydroxyl groups excluding tert-OH is 1. The average Bonchev–Trinajstić information content (AvgIpc) is 2.26. The van der Waals surface area contributed by atoms with Crippen LogP contribution in [0.15, 0.2) is 17.4 Å². The fourth-order valence-corrected chi connectivity index (χ4v) is 1.40. The van der Waals surface area contributed by atoms with Crippen LogP contribution in [0, 0.1) is 0 Å². The van der Waals surface area contributed by atoms with Crippen LogP contribution < -0.4 is 5.32 Å². The first-order valence-electron chi connectivity index (χ1n) is 4.53. The standard InChI is InChI=1S/C9H15N3OS/c1-3-7(5-13)12-8-4-9(14-2)11-6-10-8/h4,6-7,13H,3,5H2,1-2H3,(H,10,11,12). The summed E-state index contributed by atoms with van der Waals surface area (Å²) in [7, 11) is 0. The molecule has 0 spiro atoms. The maximum atomic E-state index is 9.00. The highest BCUT2D eigenvalue weighted by Crippen LogP contribution is 2.14. The molecular formula is C9H15N3OS. The predicted octanol–water partition coefficient (Wildman–Crippen LogP) is 1.38. The lowest BCUT2D eigenvalue weighted by Crippen LogP contribution is -2.23. The van der Waals surface area contributed by atoms with E-state index in [1.54, 1.807) is 11.8 Å². The molecule has 0 amide bonds. The van der Waals surface area contributed by atoms with Crippen LogP contribution in [0.5, 0.6) is 0 Å². The van der Waals surface area contributed by atoms with Crippen LogP contribution in [0.3, 0.4) is 0 Å². The SMILES string of the molecule is CCC(CO)Nc1cc(SC)ncn1. The van der Waals surface area contributed by atoms with Crippen molar-refractivity contribution in [2.24, 2.45) is 0 Å². The Kier molecular flexibility index (Phi) is 4.69. The van der Waals surface area contributed by atoms with Crippen molar-refractivity contribution < 1.29 is 5.11 Å². The van der Waals surface area contributed by atoms with Crippen LogP contribution in [0.2, 0.25) is 0 Å². The van der Waals surface area contributed by atoms with E-state index < -0.39 is 0 Å². The smallest absolute Gasteiger partial charge is 0.130 e. The van der Waals surface area contributed by atoms with Crippen molar-refractivity contribution in [3.63, 3.8) is 0 Å². The minimum atomic E-state index is 0.0691. The molecule has 2 N–H and O–H groups in total. The molecule has 0 aliphatic carbocycles. The first-order valence-corrected chi connectivity index (χ1v) is 5.76. The molecule has 1 atom stereocenters. The third-order valence-corrected chi connectivity index (χ3v) is 2.56. The molecule has 0 aliphatic rings. The summed E-state index contributed by atoms with van der Waals surface area (Å²) >= 11 is 1.57. The van der Waals surface area contributed by atoms with Gasteiger partial charge in [-0.25, -0.2) is 9.97 Å². The van der Waals surface area contributed by atoms with Gasteiger partial charge in [0, 0.05) is 6.07 Å². The monoisotopic (exact) mass is 213 g/mol. The van der Waals surface area contributed by atoms with E-state index in [0.717, 1.165) is 17.3 Å². The average molecular weight is 213 g/mol. The highest BCUT2D eigenvalue weighted by atomic mass is 32.2. The summed E-state index contributed by atoms with van der Waals surface area (Å²) in [5.41, 5.74) is 0. The Morgan fingerprint density at radius 1 is 1.57 bits per heavy atom. The van der Waals surface area contributed by atoms with Crippen molar-refractivity contribution in [3.8, 4) is 0 Å². The van der Waals surface area contributed by atoms with E-state index in [2.05, 4.69) is 15.3 Å². The van der Waals surface area contributed by atoms with Crippen LogP contribution in [0.1, 0.15) is 13.3 Å². The molecular weight excluding hydrogens is 198 g/mol. The van der Waals surface area contributed by atoms with E-state index >= 15 is 0 Å². The van der Waals surface area contributed by atoms with Crippen LogP contribution in [0.4, 0.5) is 5.82 Å². The maximum Gasteiger partial charge on any atom is 0.130 e. The van der Waals surface area contributed by atoms with Gasteiger partial charge in [0.05, 0.1) is 12.6 Å². The van der Waals surface area contributed by atoms with Gasteiger partial charge in [-0.05, 0) is 12.7 Å². The summed E-state index contributed by atoms with van der Waals surface area (Å²) in [5.74, 6) is 0.769. The van der Waals surface area contributed by atoms with Gasteiger partial charge in [0.1, 0.15) is 17.2 Å². The van der Waals surface area contributed by atoms with E-state index in [9.17, 15) is 0 Å². The molecule has 0 saturated carbocycles. The summed E-state index contributed by atoms with van der Waals surface area (Å²) in [5, 5.41) is 13.1. The van der Waals surface area contributed by atoms with Crippen LogP contribution in [-0.4, -0.2) is 34.0 Å². The zero-order valence-electron chi connectivity index (χ0n) is 8.40. The molecule has 0 aliphatic heterocycles. The normalized spacial score (nSPS) is 12.5. The van der Waals surface area contributed by atoms with E-state index in [1.165, 1.54) is 6.33 Å². The van der Waals surface area contributed by atoms with E-state index in [4.69, 9.17) is 5.11 Å². The maximum absolute atomic E-state index is 9.00. The van der Waals surface area contributed by atoms with Gasteiger partial charge in [0.25, 0.3) is 0 Å². The van der Waals surface area contributed by atoms with Crippen molar-refractivity contribution in [2.45, 2.75) is 24.4 Å². The number of hydrogen-bond acceptors (Lipinski definition) is 5. The fraction of sp³-hybridized carbons (Fsp3) is 0.556. The van der Waals surface area contributed by atoms with E-state index in [-0.39, 0.29) is 12.6 Å². The molecule has 78 valence electrons. The number of aromatic nitrogens is 2. The Labute approximate surface area is 88.2 Å². The van der Waals surface area contributed by atoms with Crippen molar-refractivity contribution >= 4 is 17.6 Å². The summed E-state index contributed by atoms with van der Waals surface area (Å²) in [6.45, 7) is 2.14. The third-order valence-electron chi connectivity index (χ3n) is 1.92. The minimum absolute atomic E-state index is 0.0691. The second kappa shape index (κ2) is 5.82. The molecule has 1 unspecified atom stereocenters. The quantitative estimate of drug-likeness (QED) is 0.571. The predicted molar refractivity (Wildman–Crippen MR) is 58.6 cm³/mol. The molecule has 0 radical (unpaired) electrons. The van der Waals surface area contributed by atoms with Gasteiger partial charge in [0.15, 0.2) is 0 Å². The summed E-state index contributed by atoms with van der Waals surface area (Å²) < 4.78 is 0. The van der Waals surface area contributed by atoms with Gasteiger partial charge >= 0.3 is 0 Å². The number of anilines is 1. The number of nitrogens with zero attached hydrogens (tertiary/aromatic N) is 2. The number of aliphatic hydroxyl groups is 1. The van der Waals surface area contributed by atoms with E-state index in [0.29, 0.717) is 0 Å². The Balaban J connectivity index is 2.65. The lowest BCUT2D eigenvalue weighted by atomic mass is 10.2. The molecule has 0 aromatic carbocycles. The molecule has 14 heavy (non-hydrogen) atoms. The topological polar surface area (TPSA) is 58.0 Å². The minimum Gasteiger partial charge on any atom is -0.394 e. The number of nitrogens with one attached hydrogen (secondary N) is 1. The van der Waals surface area contributed by atoms with Crippen LogP contribution in [-0.2, 0) is 0 Å². The molecule has 0 bridgehead atoms. The molecule has 1 aromatic rings. The Hall–Kier alpha value is -0.810. The van der Waals surface area contributed by atoms with Crippen molar-refractivity contribution in [3.05, 3.63) is 12.4 Å². The van der Waals surface area contributed by atoms with Crippen molar-refractivity contribution in [2.75, 3.05) is 18.2 Å². The van der Waals surface area contributed by atoms with E-state index in [1.807, 2.05) is 19.2 Å². The van der Waals surface area contributed by atoms with Gasteiger partial charge in [-0.2, -0.15) is 0 Å². The first-order chi connectivity index (χ1) is 6.80. The van der Waals surface area contributed by atoms with Gasteiger partial charge in [-0.3, -0.25) is 0 Å². The third kappa shape index (κ3) is 3.16. The van der Waals surface area contributed by atoms with Gasteiger partial charge in [-0.15, -0.1) is 11.8 Å². The Morgan fingerprint density at radius 3 is 2.93 bits per heavy atom. The lowest BCUT2D eigenvalue weighted by Gasteiger charge is -2.14. The van der Waals surface area contributed by atoms with Crippen molar-refractivity contribution in [1.29, 1.82) is 0 Å². The number of hydrogen-bond donors (Lipinski definition) is 2. The highest BCUT2D eigenvalue weighted by molar-refractivity contribution is 7.98. The van der Waals surface area contributed by atoms with Gasteiger partial charge in [-0.1, -0.05) is 6.92 Å². The van der Waals surface area contributed by atoms with Crippen molar-refractivity contribution in [1.82, 2.24) is 9.97 Å². The summed E-state index contributed by atoms with van der Waals surface area (Å²) in [6.07, 6.45) is 4.36. The summed E-state index contributed by atoms with van der Waals surface area (Å²) in [4.78, 5) is 8.14. The largest absolute Gasteiger partial charge is 0.394 e. The molecule has 0 saturated heterocycles. The van der Waals surface area contributed by atoms with Crippen LogP contribution >= 0.6 is 11.8 Å². The Bertz CT molecular complexity index is 279.